The Morgan fingerprint density at radius 3 is 3.00 bits per heavy atom. The van der Waals surface area contributed by atoms with Gasteiger partial charge in [0.1, 0.15) is 6.54 Å². The molecule has 6 nitrogen and oxygen atoms in total. The van der Waals surface area contributed by atoms with E-state index in [-0.39, 0.29) is 18.4 Å². The lowest BCUT2D eigenvalue weighted by molar-refractivity contribution is -0.138. The molecular weight excluding hydrogens is 314 g/mol. The molecule has 0 saturated carbocycles. The van der Waals surface area contributed by atoms with Gasteiger partial charge < -0.3 is 10.0 Å². The monoisotopic (exact) mass is 333 g/mol. The third-order valence-corrected chi connectivity index (χ3v) is 4.82. The zero-order valence-corrected chi connectivity index (χ0v) is 13.5. The molecule has 0 aromatic carbocycles. The van der Waals surface area contributed by atoms with Crippen molar-refractivity contribution in [2.75, 3.05) is 13.1 Å². The summed E-state index contributed by atoms with van der Waals surface area (Å²) < 4.78 is 1.43. The Morgan fingerprint density at radius 1 is 1.39 bits per heavy atom. The molecule has 0 bridgehead atoms. The molecule has 0 unspecified atom stereocenters. The first-order chi connectivity index (χ1) is 11.1. The van der Waals surface area contributed by atoms with Crippen LogP contribution in [0.25, 0.3) is 0 Å². The first-order valence-electron chi connectivity index (χ1n) is 7.66. The number of likely N-dealkylation sites (tertiary alicyclic amines) is 1. The van der Waals surface area contributed by atoms with E-state index in [1.165, 1.54) is 4.68 Å². The largest absolute Gasteiger partial charge is 0.480 e. The minimum Gasteiger partial charge on any atom is -0.480 e. The highest BCUT2D eigenvalue weighted by Crippen LogP contribution is 2.26. The van der Waals surface area contributed by atoms with Gasteiger partial charge in [0.25, 0.3) is 0 Å². The molecule has 1 aliphatic rings. The smallest absolute Gasteiger partial charge is 0.325 e. The van der Waals surface area contributed by atoms with Gasteiger partial charge in [0, 0.05) is 25.2 Å². The van der Waals surface area contributed by atoms with E-state index in [2.05, 4.69) is 5.10 Å². The summed E-state index contributed by atoms with van der Waals surface area (Å²) in [5.74, 6) is -0.570. The van der Waals surface area contributed by atoms with Crippen LogP contribution in [0.4, 0.5) is 0 Å². The second-order valence-electron chi connectivity index (χ2n) is 5.82. The summed E-state index contributed by atoms with van der Waals surface area (Å²) >= 11 is 1.60. The van der Waals surface area contributed by atoms with Crippen molar-refractivity contribution in [2.45, 2.75) is 31.7 Å². The van der Waals surface area contributed by atoms with Gasteiger partial charge in [-0.1, -0.05) is 0 Å². The number of carbonyl (C=O) groups is 2. The fourth-order valence-corrected chi connectivity index (χ4v) is 3.62. The minimum atomic E-state index is -0.907. The number of hydrogen-bond donors (Lipinski definition) is 1. The number of aromatic nitrogens is 2. The fourth-order valence-electron chi connectivity index (χ4n) is 2.95. The molecule has 1 amide bonds. The molecule has 1 N–H and O–H groups in total. The van der Waals surface area contributed by atoms with Crippen LogP contribution in [-0.4, -0.2) is 44.8 Å². The lowest BCUT2D eigenvalue weighted by atomic mass is 9.94. The quantitative estimate of drug-likeness (QED) is 0.908. The molecule has 3 heterocycles. The fraction of sp³-hybridized carbons (Fsp3) is 0.438. The van der Waals surface area contributed by atoms with Crippen LogP contribution in [0.1, 0.15) is 30.0 Å². The topological polar surface area (TPSA) is 75.4 Å². The van der Waals surface area contributed by atoms with Crippen LogP contribution in [-0.2, 0) is 22.6 Å². The Hall–Kier alpha value is -2.15. The summed E-state index contributed by atoms with van der Waals surface area (Å²) in [6, 6.07) is 3.85. The van der Waals surface area contributed by atoms with Crippen molar-refractivity contribution in [3.8, 4) is 0 Å². The Bertz CT molecular complexity index is 681. The van der Waals surface area contributed by atoms with Crippen molar-refractivity contribution in [2.24, 2.45) is 0 Å². The number of amides is 1. The van der Waals surface area contributed by atoms with Crippen molar-refractivity contribution in [1.29, 1.82) is 0 Å². The maximum absolute atomic E-state index is 12.4. The predicted octanol–water partition coefficient (Wildman–Crippen LogP) is 1.98. The number of thiophene rings is 1. The van der Waals surface area contributed by atoms with E-state index in [0.29, 0.717) is 13.0 Å². The number of rotatable bonds is 5. The molecule has 1 fully saturated rings. The van der Waals surface area contributed by atoms with Crippen molar-refractivity contribution in [3.63, 3.8) is 0 Å². The van der Waals surface area contributed by atoms with Crippen molar-refractivity contribution in [3.05, 3.63) is 40.3 Å². The molecule has 7 heteroatoms. The Kier molecular flexibility index (Phi) is 4.76. The average Bonchev–Trinajstić information content (AvgIpc) is 3.18. The first kappa shape index (κ1) is 15.7. The zero-order valence-electron chi connectivity index (χ0n) is 12.7. The molecule has 0 spiro atoms. The summed E-state index contributed by atoms with van der Waals surface area (Å²) in [5, 5.41) is 17.1. The molecule has 1 saturated heterocycles. The highest BCUT2D eigenvalue weighted by Gasteiger charge is 2.26. The van der Waals surface area contributed by atoms with Gasteiger partial charge in [0.15, 0.2) is 0 Å². The van der Waals surface area contributed by atoms with Crippen LogP contribution >= 0.6 is 11.3 Å². The Balaban J connectivity index is 1.62. The second-order valence-corrected chi connectivity index (χ2v) is 6.60. The maximum Gasteiger partial charge on any atom is 0.325 e. The number of nitrogens with zero attached hydrogens (tertiary/aromatic N) is 3. The maximum atomic E-state index is 12.4. The molecule has 1 aliphatic heterocycles. The van der Waals surface area contributed by atoms with Gasteiger partial charge in [-0.3, -0.25) is 14.3 Å². The average molecular weight is 333 g/mol. The van der Waals surface area contributed by atoms with Gasteiger partial charge in [0.05, 0.1) is 12.1 Å². The number of carbonyl (C=O) groups excluding carboxylic acids is 1. The molecule has 2 aromatic heterocycles. The predicted molar refractivity (Wildman–Crippen MR) is 86.4 cm³/mol. The second kappa shape index (κ2) is 6.95. The number of hydrogen-bond acceptors (Lipinski definition) is 4. The molecule has 2 aromatic rings. The van der Waals surface area contributed by atoms with Gasteiger partial charge in [0.2, 0.25) is 5.91 Å². The van der Waals surface area contributed by atoms with Crippen LogP contribution in [0.5, 0.6) is 0 Å². The van der Waals surface area contributed by atoms with E-state index in [1.807, 2.05) is 27.8 Å². The summed E-state index contributed by atoms with van der Waals surface area (Å²) in [7, 11) is 0. The van der Waals surface area contributed by atoms with Gasteiger partial charge in [-0.25, -0.2) is 0 Å². The zero-order chi connectivity index (χ0) is 16.2. The normalized spacial score (nSPS) is 18.1. The molecule has 122 valence electrons. The molecule has 0 radical (unpaired) electrons. The van der Waals surface area contributed by atoms with Gasteiger partial charge in [-0.15, -0.1) is 0 Å². The third kappa shape index (κ3) is 3.98. The number of carboxylic acid groups (broad SMARTS) is 1. The van der Waals surface area contributed by atoms with Crippen molar-refractivity contribution < 1.29 is 14.7 Å². The number of aliphatic carboxylic acids is 1. The van der Waals surface area contributed by atoms with Crippen molar-refractivity contribution >= 4 is 23.2 Å². The van der Waals surface area contributed by atoms with E-state index in [9.17, 15) is 9.59 Å². The van der Waals surface area contributed by atoms with E-state index < -0.39 is 5.97 Å². The third-order valence-electron chi connectivity index (χ3n) is 4.09. The van der Waals surface area contributed by atoms with E-state index in [1.54, 1.807) is 17.5 Å². The highest BCUT2D eigenvalue weighted by atomic mass is 32.1. The lowest BCUT2D eigenvalue weighted by Crippen LogP contribution is -2.40. The van der Waals surface area contributed by atoms with Crippen LogP contribution in [0, 0.1) is 0 Å². The van der Waals surface area contributed by atoms with Crippen LogP contribution in [0.2, 0.25) is 0 Å². The van der Waals surface area contributed by atoms with Gasteiger partial charge >= 0.3 is 5.97 Å². The molecule has 1 atom stereocenters. The molecule has 3 rings (SSSR count). The SMILES string of the molecule is O=C(O)Cn1ccc([C@H]2CCCN(C(=O)Cc3ccsc3)C2)n1. The number of carboxylic acids is 1. The number of piperidine rings is 1. The summed E-state index contributed by atoms with van der Waals surface area (Å²) in [6.07, 6.45) is 4.07. The molecule has 23 heavy (non-hydrogen) atoms. The van der Waals surface area contributed by atoms with Gasteiger partial charge in [-0.05, 0) is 41.3 Å². The molecular formula is C16H19N3O3S. The summed E-state index contributed by atoms with van der Waals surface area (Å²) in [5.41, 5.74) is 1.94. The summed E-state index contributed by atoms with van der Waals surface area (Å²) in [6.45, 7) is 1.32. The van der Waals surface area contributed by atoms with Crippen LogP contribution in [0.3, 0.4) is 0 Å². The first-order valence-corrected chi connectivity index (χ1v) is 8.60. The van der Waals surface area contributed by atoms with E-state index in [0.717, 1.165) is 30.6 Å². The van der Waals surface area contributed by atoms with Crippen molar-refractivity contribution in [1.82, 2.24) is 14.7 Å². The molecule has 0 aliphatic carbocycles. The van der Waals surface area contributed by atoms with E-state index >= 15 is 0 Å². The Morgan fingerprint density at radius 2 is 2.26 bits per heavy atom. The Labute approximate surface area is 138 Å². The van der Waals surface area contributed by atoms with Crippen LogP contribution < -0.4 is 0 Å². The van der Waals surface area contributed by atoms with E-state index in [4.69, 9.17) is 5.11 Å². The standard InChI is InChI=1S/C16H19N3O3S/c20-15(8-12-4-7-23-11-12)18-5-1-2-13(9-18)14-3-6-19(17-14)10-16(21)22/h3-4,6-7,11,13H,1-2,5,8-10H2,(H,21,22)/t13-/m0/s1. The van der Waals surface area contributed by atoms with Gasteiger partial charge in [-0.2, -0.15) is 16.4 Å². The minimum absolute atomic E-state index is 0.131. The highest BCUT2D eigenvalue weighted by molar-refractivity contribution is 7.07. The van der Waals surface area contributed by atoms with Crippen LogP contribution in [0.15, 0.2) is 29.1 Å². The lowest BCUT2D eigenvalue weighted by Gasteiger charge is -2.32. The summed E-state index contributed by atoms with van der Waals surface area (Å²) in [4.78, 5) is 25.1.